The highest BCUT2D eigenvalue weighted by atomic mass is 32.1. The summed E-state index contributed by atoms with van der Waals surface area (Å²) in [5.74, 6) is -1.92. The number of aromatic carboxylic acids is 1. The Labute approximate surface area is 172 Å². The van der Waals surface area contributed by atoms with Gasteiger partial charge >= 0.3 is 17.1 Å². The van der Waals surface area contributed by atoms with Gasteiger partial charge in [0.15, 0.2) is 0 Å². The Balaban J connectivity index is 1.40. The number of carboxylic acid groups (broad SMARTS) is 1. The van der Waals surface area contributed by atoms with Gasteiger partial charge in [-0.3, -0.25) is 29.5 Å². The minimum absolute atomic E-state index is 0.00337. The van der Waals surface area contributed by atoms with E-state index in [9.17, 15) is 29.1 Å². The molecule has 0 saturated carbocycles. The van der Waals surface area contributed by atoms with Crippen molar-refractivity contribution in [3.8, 4) is 0 Å². The highest BCUT2D eigenvalue weighted by Gasteiger charge is 2.38. The van der Waals surface area contributed by atoms with Crippen molar-refractivity contribution in [2.24, 2.45) is 0 Å². The molecule has 0 bridgehead atoms. The molecule has 0 fully saturated rings. The number of anilines is 1. The number of carbonyl (C=O) groups is 3. The van der Waals surface area contributed by atoms with Crippen LogP contribution < -0.4 is 21.9 Å². The molecule has 10 nitrogen and oxygen atoms in total. The molecule has 2 aromatic heterocycles. The van der Waals surface area contributed by atoms with E-state index in [1.807, 2.05) is 0 Å². The number of aromatic nitrogens is 1. The van der Waals surface area contributed by atoms with Gasteiger partial charge in [0.25, 0.3) is 11.8 Å². The number of nitrogens with one attached hydrogen (secondary N) is 2. The van der Waals surface area contributed by atoms with Crippen LogP contribution in [0.3, 0.4) is 0 Å². The van der Waals surface area contributed by atoms with Crippen LogP contribution in [0.5, 0.6) is 0 Å². The van der Waals surface area contributed by atoms with Crippen molar-refractivity contribution >= 4 is 34.1 Å². The van der Waals surface area contributed by atoms with Crippen molar-refractivity contribution in [1.29, 1.82) is 0 Å². The summed E-state index contributed by atoms with van der Waals surface area (Å²) < 4.78 is 0.757. The third-order valence-electron chi connectivity index (χ3n) is 5.34. The number of amides is 2. The number of thiophene rings is 1. The van der Waals surface area contributed by atoms with E-state index < -0.39 is 17.1 Å². The first-order valence-corrected chi connectivity index (χ1v) is 9.90. The number of carbonyl (C=O) groups excluding carboxylic acids is 2. The minimum Gasteiger partial charge on any atom is -0.478 e. The Hall–Kier alpha value is -3.57. The number of carboxylic acids is 1. The first-order valence-electron chi connectivity index (χ1n) is 9.08. The minimum atomic E-state index is -1.18. The molecule has 4 heterocycles. The molecular formula is C19H14N4O6S. The lowest BCUT2D eigenvalue weighted by Crippen LogP contribution is -2.46. The van der Waals surface area contributed by atoms with E-state index in [0.29, 0.717) is 23.2 Å². The number of fused-ring (bicyclic) bond motifs is 2. The molecular weight excluding hydrogens is 412 g/mol. The molecule has 1 unspecified atom stereocenters. The molecule has 3 aromatic rings. The van der Waals surface area contributed by atoms with Crippen molar-refractivity contribution in [2.45, 2.75) is 19.0 Å². The summed E-state index contributed by atoms with van der Waals surface area (Å²) in [5, 5.41) is 13.1. The molecule has 30 heavy (non-hydrogen) atoms. The highest BCUT2D eigenvalue weighted by molar-refractivity contribution is 7.16. The second-order valence-electron chi connectivity index (χ2n) is 7.12. The molecule has 0 radical (unpaired) electrons. The Morgan fingerprint density at radius 1 is 1.13 bits per heavy atom. The van der Waals surface area contributed by atoms with E-state index in [2.05, 4.69) is 10.7 Å². The average molecular weight is 426 g/mol. The number of rotatable bonds is 5. The first kappa shape index (κ1) is 18.5. The van der Waals surface area contributed by atoms with Crippen molar-refractivity contribution in [1.82, 2.24) is 14.9 Å². The maximum Gasteiger partial charge on any atom is 0.340 e. The van der Waals surface area contributed by atoms with E-state index >= 15 is 0 Å². The molecule has 0 aliphatic carbocycles. The van der Waals surface area contributed by atoms with Gasteiger partial charge in [0, 0.05) is 24.0 Å². The first-order chi connectivity index (χ1) is 14.4. The number of imide groups is 1. The van der Waals surface area contributed by atoms with Crippen LogP contribution in [-0.4, -0.2) is 45.1 Å². The summed E-state index contributed by atoms with van der Waals surface area (Å²) in [6.45, 7) is 0.449. The standard InChI is InChI=1S/C19H14N4O6S/c24-15-9-3-1-2-4-10(9)16(25)22(15)7-8-5-11-12(6-20-8)30-14(13(11)19(28)29)21-23-17(26)18(23)27/h1-4,8,20-21H,5-7H2,(H,28,29). The molecule has 5 rings (SSSR count). The third-order valence-corrected chi connectivity index (χ3v) is 6.48. The van der Waals surface area contributed by atoms with Crippen LogP contribution in [0.4, 0.5) is 5.00 Å². The van der Waals surface area contributed by atoms with E-state index in [0.717, 1.165) is 20.9 Å². The van der Waals surface area contributed by atoms with E-state index in [1.54, 1.807) is 24.3 Å². The molecule has 11 heteroatoms. The maximum atomic E-state index is 12.6. The summed E-state index contributed by atoms with van der Waals surface area (Å²) in [6.07, 6.45) is 0.282. The van der Waals surface area contributed by atoms with Gasteiger partial charge in [-0.05, 0) is 24.1 Å². The molecule has 2 aliphatic heterocycles. The van der Waals surface area contributed by atoms with Crippen molar-refractivity contribution in [2.75, 3.05) is 12.0 Å². The van der Waals surface area contributed by atoms with Gasteiger partial charge in [-0.25, -0.2) is 4.79 Å². The predicted molar refractivity (Wildman–Crippen MR) is 106 cm³/mol. The fourth-order valence-corrected chi connectivity index (χ4v) is 4.98. The van der Waals surface area contributed by atoms with Gasteiger partial charge in [0.05, 0.1) is 16.7 Å². The molecule has 3 N–H and O–H groups in total. The normalized spacial score (nSPS) is 18.0. The lowest BCUT2D eigenvalue weighted by molar-refractivity contribution is 0.0631. The summed E-state index contributed by atoms with van der Waals surface area (Å²) in [4.78, 5) is 61.5. The van der Waals surface area contributed by atoms with Gasteiger partial charge in [0.1, 0.15) is 5.00 Å². The molecule has 0 spiro atoms. The zero-order valence-corrected chi connectivity index (χ0v) is 16.1. The van der Waals surface area contributed by atoms with Crippen molar-refractivity contribution in [3.05, 3.63) is 72.1 Å². The van der Waals surface area contributed by atoms with Crippen LogP contribution in [0.15, 0.2) is 33.9 Å². The summed E-state index contributed by atoms with van der Waals surface area (Å²) >= 11 is 1.15. The van der Waals surface area contributed by atoms with Gasteiger partial charge in [-0.2, -0.15) is 4.68 Å². The van der Waals surface area contributed by atoms with Crippen LogP contribution in [0.25, 0.3) is 0 Å². The third kappa shape index (κ3) is 2.70. The van der Waals surface area contributed by atoms with E-state index in [4.69, 9.17) is 0 Å². The predicted octanol–water partition coefficient (Wildman–Crippen LogP) is 0.0295. The van der Waals surface area contributed by atoms with Crippen molar-refractivity contribution < 1.29 is 19.5 Å². The number of hydrogen-bond donors (Lipinski definition) is 3. The zero-order valence-electron chi connectivity index (χ0n) is 15.3. The number of nitrogens with zero attached hydrogens (tertiary/aromatic N) is 2. The Morgan fingerprint density at radius 2 is 1.77 bits per heavy atom. The molecule has 1 atom stereocenters. The van der Waals surface area contributed by atoms with Gasteiger partial charge in [-0.1, -0.05) is 12.1 Å². The monoisotopic (exact) mass is 426 g/mol. The second kappa shape index (κ2) is 6.47. The smallest absolute Gasteiger partial charge is 0.340 e. The average Bonchev–Trinajstić information content (AvgIpc) is 3.05. The van der Waals surface area contributed by atoms with E-state index in [-0.39, 0.29) is 41.4 Å². The summed E-state index contributed by atoms with van der Waals surface area (Å²) in [5.41, 5.74) is 2.40. The van der Waals surface area contributed by atoms with E-state index in [1.165, 1.54) is 4.90 Å². The quantitative estimate of drug-likeness (QED) is 0.384. The van der Waals surface area contributed by atoms with Crippen LogP contribution in [0.2, 0.25) is 0 Å². The molecule has 2 amide bonds. The van der Waals surface area contributed by atoms with Gasteiger partial charge in [-0.15, -0.1) is 11.3 Å². The van der Waals surface area contributed by atoms with Crippen LogP contribution >= 0.6 is 11.3 Å². The molecule has 2 aliphatic rings. The Kier molecular flexibility index (Phi) is 3.98. The molecule has 0 saturated heterocycles. The number of benzene rings is 1. The van der Waals surface area contributed by atoms with Crippen molar-refractivity contribution in [3.63, 3.8) is 0 Å². The Bertz CT molecular complexity index is 1250. The Morgan fingerprint density at radius 3 is 2.33 bits per heavy atom. The lowest BCUT2D eigenvalue weighted by atomic mass is 9.97. The SMILES string of the molecule is O=C(O)c1c(Nn2c(=O)c2=O)sc2c1CC(CN1C(=O)c3ccccc3C1=O)NC2. The summed E-state index contributed by atoms with van der Waals surface area (Å²) in [6, 6.07) is 6.28. The zero-order chi connectivity index (χ0) is 21.2. The van der Waals surface area contributed by atoms with Crippen LogP contribution in [0, 0.1) is 0 Å². The highest BCUT2D eigenvalue weighted by Crippen LogP contribution is 2.36. The summed E-state index contributed by atoms with van der Waals surface area (Å²) in [7, 11) is 0. The fourth-order valence-electron chi connectivity index (χ4n) is 3.82. The molecule has 1 aromatic carbocycles. The topological polar surface area (TPSA) is 138 Å². The molecule has 152 valence electrons. The fraction of sp³-hybridized carbons (Fsp3) is 0.211. The van der Waals surface area contributed by atoms with Crippen LogP contribution in [0.1, 0.15) is 41.5 Å². The van der Waals surface area contributed by atoms with Gasteiger partial charge in [0.2, 0.25) is 0 Å². The number of hydrogen-bond acceptors (Lipinski definition) is 8. The van der Waals surface area contributed by atoms with Crippen LogP contribution in [-0.2, 0) is 13.0 Å². The lowest BCUT2D eigenvalue weighted by Gasteiger charge is -2.27. The van der Waals surface area contributed by atoms with Gasteiger partial charge < -0.3 is 10.4 Å². The maximum absolute atomic E-state index is 12.6. The largest absolute Gasteiger partial charge is 0.478 e. The second-order valence-corrected chi connectivity index (χ2v) is 8.22.